The third-order valence-corrected chi connectivity index (χ3v) is 2.22. The highest BCUT2D eigenvalue weighted by Gasteiger charge is 2.07. The molecule has 13 heavy (non-hydrogen) atoms. The van der Waals surface area contributed by atoms with Gasteiger partial charge in [-0.2, -0.15) is 0 Å². The molecule has 0 spiro atoms. The Morgan fingerprint density at radius 2 is 2.23 bits per heavy atom. The summed E-state index contributed by atoms with van der Waals surface area (Å²) in [5, 5.41) is 0. The molecule has 0 N–H and O–H groups in total. The van der Waals surface area contributed by atoms with Gasteiger partial charge in [0.15, 0.2) is 0 Å². The van der Waals surface area contributed by atoms with E-state index in [-0.39, 0.29) is 0 Å². The Kier molecular flexibility index (Phi) is 3.96. The van der Waals surface area contributed by atoms with Gasteiger partial charge in [0, 0.05) is 13.5 Å². The van der Waals surface area contributed by atoms with Gasteiger partial charge in [-0.1, -0.05) is 6.92 Å². The van der Waals surface area contributed by atoms with Crippen molar-refractivity contribution in [3.63, 3.8) is 0 Å². The highest BCUT2D eigenvalue weighted by molar-refractivity contribution is 4.78. The van der Waals surface area contributed by atoms with Gasteiger partial charge in [0.2, 0.25) is 0 Å². The molecular weight excluding hydrogens is 164 g/mol. The van der Waals surface area contributed by atoms with Crippen LogP contribution < -0.4 is 4.57 Å². The Balaban J connectivity index is 2.32. The maximum absolute atomic E-state index is 5.42. The summed E-state index contributed by atoms with van der Waals surface area (Å²) in [4.78, 5) is 0. The van der Waals surface area contributed by atoms with Crippen LogP contribution in [0.15, 0.2) is 12.4 Å². The van der Waals surface area contributed by atoms with E-state index in [0.717, 1.165) is 26.2 Å². The van der Waals surface area contributed by atoms with E-state index in [1.54, 1.807) is 0 Å². The van der Waals surface area contributed by atoms with Gasteiger partial charge in [-0.05, 0) is 6.42 Å². The van der Waals surface area contributed by atoms with E-state index >= 15 is 0 Å². The second-order valence-electron chi connectivity index (χ2n) is 3.26. The van der Waals surface area contributed by atoms with Crippen molar-refractivity contribution in [2.45, 2.75) is 26.8 Å². The number of aryl methyl sites for hydroxylation is 1. The molecule has 0 aliphatic heterocycles. The summed E-state index contributed by atoms with van der Waals surface area (Å²) >= 11 is 0. The number of ether oxygens (including phenoxy) is 1. The van der Waals surface area contributed by atoms with Crippen LogP contribution in [-0.4, -0.2) is 17.8 Å². The Morgan fingerprint density at radius 3 is 2.77 bits per heavy atom. The van der Waals surface area contributed by atoms with Crippen molar-refractivity contribution >= 4 is 0 Å². The van der Waals surface area contributed by atoms with Crippen molar-refractivity contribution < 1.29 is 9.30 Å². The minimum atomic E-state index is 0.809. The number of nitrogens with zero attached hydrogens (tertiary/aromatic N) is 2. The van der Waals surface area contributed by atoms with Crippen molar-refractivity contribution in [1.82, 2.24) is 4.57 Å². The zero-order chi connectivity index (χ0) is 9.68. The Bertz CT molecular complexity index is 255. The number of aromatic nitrogens is 2. The normalized spacial score (nSPS) is 10.7. The van der Waals surface area contributed by atoms with Crippen LogP contribution in [0, 0.1) is 6.92 Å². The fraction of sp³-hybridized carbons (Fsp3) is 0.700. The topological polar surface area (TPSA) is 18.0 Å². The summed E-state index contributed by atoms with van der Waals surface area (Å²) in [6.07, 6.45) is 5.25. The molecule has 74 valence electrons. The Labute approximate surface area is 79.9 Å². The van der Waals surface area contributed by atoms with E-state index in [1.165, 1.54) is 5.82 Å². The van der Waals surface area contributed by atoms with Crippen molar-refractivity contribution in [2.75, 3.05) is 13.2 Å². The van der Waals surface area contributed by atoms with Gasteiger partial charge < -0.3 is 4.74 Å². The number of rotatable bonds is 5. The van der Waals surface area contributed by atoms with Crippen LogP contribution in [0.1, 0.15) is 19.2 Å². The molecule has 0 fully saturated rings. The second kappa shape index (κ2) is 5.02. The van der Waals surface area contributed by atoms with Gasteiger partial charge in [-0.25, -0.2) is 9.13 Å². The zero-order valence-electron chi connectivity index (χ0n) is 8.79. The average molecular weight is 183 g/mol. The highest BCUT2D eigenvalue weighted by Crippen LogP contribution is 1.92. The van der Waals surface area contributed by atoms with Gasteiger partial charge in [0.05, 0.1) is 13.7 Å². The van der Waals surface area contributed by atoms with Gasteiger partial charge in [-0.3, -0.25) is 0 Å². The molecular formula is C10H19N2O+. The summed E-state index contributed by atoms with van der Waals surface area (Å²) in [6, 6.07) is 0. The summed E-state index contributed by atoms with van der Waals surface area (Å²) in [5.74, 6) is 1.26. The number of hydrogen-bond acceptors (Lipinski definition) is 1. The van der Waals surface area contributed by atoms with E-state index < -0.39 is 0 Å². The molecule has 3 nitrogen and oxygen atoms in total. The SMILES string of the molecule is CCCOCCn1cc[n+](C)c1C. The molecule has 3 heteroatoms. The van der Waals surface area contributed by atoms with Crippen LogP contribution in [0.3, 0.4) is 0 Å². The van der Waals surface area contributed by atoms with Crippen LogP contribution in [0.4, 0.5) is 0 Å². The molecule has 0 saturated heterocycles. The van der Waals surface area contributed by atoms with Crippen LogP contribution in [-0.2, 0) is 18.3 Å². The number of imidazole rings is 1. The first kappa shape index (κ1) is 10.3. The molecule has 0 saturated carbocycles. The first-order chi connectivity index (χ1) is 6.25. The van der Waals surface area contributed by atoms with E-state index in [0.29, 0.717) is 0 Å². The molecule has 0 bridgehead atoms. The van der Waals surface area contributed by atoms with Crippen molar-refractivity contribution in [1.29, 1.82) is 0 Å². The third-order valence-electron chi connectivity index (χ3n) is 2.22. The van der Waals surface area contributed by atoms with Crippen LogP contribution in [0.5, 0.6) is 0 Å². The lowest BCUT2D eigenvalue weighted by Gasteiger charge is -2.00. The van der Waals surface area contributed by atoms with Crippen molar-refractivity contribution in [3.8, 4) is 0 Å². The van der Waals surface area contributed by atoms with E-state index in [4.69, 9.17) is 4.74 Å². The highest BCUT2D eigenvalue weighted by atomic mass is 16.5. The molecule has 0 radical (unpaired) electrons. The first-order valence-corrected chi connectivity index (χ1v) is 4.84. The van der Waals surface area contributed by atoms with E-state index in [1.807, 2.05) is 0 Å². The maximum Gasteiger partial charge on any atom is 0.253 e. The zero-order valence-corrected chi connectivity index (χ0v) is 8.79. The lowest BCUT2D eigenvalue weighted by atomic mass is 10.5. The molecule has 1 aromatic heterocycles. The summed E-state index contributed by atoms with van der Waals surface area (Å²) in [6.45, 7) is 6.86. The van der Waals surface area contributed by atoms with Gasteiger partial charge in [0.25, 0.3) is 5.82 Å². The second-order valence-corrected chi connectivity index (χ2v) is 3.26. The summed E-state index contributed by atoms with van der Waals surface area (Å²) in [5.41, 5.74) is 0. The monoisotopic (exact) mass is 183 g/mol. The molecule has 1 aromatic rings. The Hall–Kier alpha value is -0.830. The average Bonchev–Trinajstić information content (AvgIpc) is 2.43. The summed E-state index contributed by atoms with van der Waals surface area (Å²) in [7, 11) is 2.05. The predicted molar refractivity (Wildman–Crippen MR) is 51.5 cm³/mol. The molecule has 0 amide bonds. The quantitative estimate of drug-likeness (QED) is 0.493. The first-order valence-electron chi connectivity index (χ1n) is 4.84. The molecule has 0 aliphatic carbocycles. The molecule has 0 aromatic carbocycles. The lowest BCUT2D eigenvalue weighted by Crippen LogP contribution is -2.30. The lowest BCUT2D eigenvalue weighted by molar-refractivity contribution is -0.677. The van der Waals surface area contributed by atoms with Gasteiger partial charge in [0.1, 0.15) is 18.9 Å². The largest absolute Gasteiger partial charge is 0.377 e. The van der Waals surface area contributed by atoms with E-state index in [9.17, 15) is 0 Å². The molecule has 0 atom stereocenters. The van der Waals surface area contributed by atoms with Gasteiger partial charge in [-0.15, -0.1) is 0 Å². The molecule has 0 aliphatic rings. The summed E-state index contributed by atoms with van der Waals surface area (Å²) < 4.78 is 9.74. The van der Waals surface area contributed by atoms with Gasteiger partial charge >= 0.3 is 0 Å². The third kappa shape index (κ3) is 2.84. The smallest absolute Gasteiger partial charge is 0.253 e. The number of hydrogen-bond donors (Lipinski definition) is 0. The fourth-order valence-electron chi connectivity index (χ4n) is 1.24. The standard InChI is InChI=1S/C10H19N2O/c1-4-8-13-9-7-12-6-5-11(3)10(12)2/h5-6H,4,7-9H2,1-3H3/q+1. The minimum absolute atomic E-state index is 0.809. The van der Waals surface area contributed by atoms with E-state index in [2.05, 4.69) is 42.4 Å². The molecule has 1 rings (SSSR count). The van der Waals surface area contributed by atoms with Crippen molar-refractivity contribution in [3.05, 3.63) is 18.2 Å². The fourth-order valence-corrected chi connectivity index (χ4v) is 1.24. The maximum atomic E-state index is 5.42. The minimum Gasteiger partial charge on any atom is -0.377 e. The molecule has 1 heterocycles. The van der Waals surface area contributed by atoms with Crippen LogP contribution >= 0.6 is 0 Å². The van der Waals surface area contributed by atoms with Crippen LogP contribution in [0.25, 0.3) is 0 Å². The predicted octanol–water partition coefficient (Wildman–Crippen LogP) is 1.05. The van der Waals surface area contributed by atoms with Crippen molar-refractivity contribution in [2.24, 2.45) is 7.05 Å². The Morgan fingerprint density at radius 1 is 1.46 bits per heavy atom. The van der Waals surface area contributed by atoms with Crippen LogP contribution in [0.2, 0.25) is 0 Å². The molecule has 0 unspecified atom stereocenters.